The largest absolute Gasteiger partial charge is 0.369 e. The van der Waals surface area contributed by atoms with Crippen molar-refractivity contribution < 1.29 is 1.41 Å². The molecule has 2 aromatic heterocycles. The molecule has 7 nitrogen and oxygen atoms in total. The molecule has 1 saturated heterocycles. The molecule has 3 aromatic rings. The molecule has 2 N–H and O–H groups in total. The number of fused-ring (bicyclic) bond motifs is 1. The second-order valence-electron chi connectivity index (χ2n) is 6.59. The van der Waals surface area contributed by atoms with Crippen LogP contribution in [0.4, 0.5) is 17.3 Å². The number of hydrogen-bond acceptors (Lipinski definition) is 6. The summed E-state index contributed by atoms with van der Waals surface area (Å²) in [5.74, 6) is 1.07. The second kappa shape index (κ2) is 6.33. The molecule has 1 aromatic carbocycles. The molecular weight excluding hydrogens is 314 g/mol. The maximum atomic E-state index is 7.96. The van der Waals surface area contributed by atoms with Crippen LogP contribution in [0.1, 0.15) is 11.4 Å². The van der Waals surface area contributed by atoms with Crippen molar-refractivity contribution in [1.82, 2.24) is 24.8 Å². The Morgan fingerprint density at radius 3 is 2.72 bits per heavy atom. The molecule has 0 bridgehead atoms. The van der Waals surface area contributed by atoms with Crippen LogP contribution < -0.4 is 10.2 Å². The molecule has 7 heteroatoms. The van der Waals surface area contributed by atoms with Crippen LogP contribution in [-0.2, 0) is 0 Å². The Kier molecular flexibility index (Phi) is 3.71. The predicted octanol–water partition coefficient (Wildman–Crippen LogP) is 2.47. The first-order chi connectivity index (χ1) is 12.5. The van der Waals surface area contributed by atoms with Crippen molar-refractivity contribution >= 4 is 28.5 Å². The van der Waals surface area contributed by atoms with Gasteiger partial charge in [-0.1, -0.05) is 0 Å². The van der Waals surface area contributed by atoms with E-state index in [0.717, 1.165) is 31.9 Å². The highest BCUT2D eigenvalue weighted by atomic mass is 15.2. The van der Waals surface area contributed by atoms with Gasteiger partial charge < -0.3 is 20.1 Å². The molecule has 0 spiro atoms. The maximum Gasteiger partial charge on any atom is 0.229 e. The molecule has 130 valence electrons. The summed E-state index contributed by atoms with van der Waals surface area (Å²) in [7, 11) is 2.17. The lowest BCUT2D eigenvalue weighted by atomic mass is 10.1. The van der Waals surface area contributed by atoms with Crippen molar-refractivity contribution in [2.24, 2.45) is 0 Å². The number of anilines is 3. The first-order valence-corrected chi connectivity index (χ1v) is 8.54. The zero-order valence-corrected chi connectivity index (χ0v) is 14.8. The summed E-state index contributed by atoms with van der Waals surface area (Å²) in [6.45, 7) is 8.20. The summed E-state index contributed by atoms with van der Waals surface area (Å²) in [5.41, 5.74) is 4.57. The summed E-state index contributed by atoms with van der Waals surface area (Å²) < 4.78 is 7.96. The van der Waals surface area contributed by atoms with Gasteiger partial charge >= 0.3 is 0 Å². The minimum Gasteiger partial charge on any atom is -0.369 e. The lowest BCUT2D eigenvalue weighted by Gasteiger charge is -2.35. The van der Waals surface area contributed by atoms with E-state index in [4.69, 9.17) is 1.41 Å². The Morgan fingerprint density at radius 1 is 1.16 bits per heavy atom. The Hall–Kier alpha value is -2.67. The Labute approximate surface area is 148 Å². The van der Waals surface area contributed by atoms with E-state index in [1.165, 1.54) is 16.2 Å². The second-order valence-corrected chi connectivity index (χ2v) is 6.59. The SMILES string of the molecule is [2H]n1c(C)nc2cnc(Nc3ccc(N4CCN(C)CC4)c(C)c3)nc21. The molecule has 1 aliphatic heterocycles. The average Bonchev–Trinajstić information content (AvgIpc) is 2.91. The number of H-pyrrole nitrogens is 1. The van der Waals surface area contributed by atoms with Crippen molar-refractivity contribution in [3.8, 4) is 0 Å². The van der Waals surface area contributed by atoms with Gasteiger partial charge in [0.15, 0.2) is 7.06 Å². The zero-order valence-electron chi connectivity index (χ0n) is 15.8. The van der Waals surface area contributed by atoms with Gasteiger partial charge in [0.2, 0.25) is 5.95 Å². The molecular formula is C18H23N7. The van der Waals surface area contributed by atoms with Crippen molar-refractivity contribution in [3.63, 3.8) is 0 Å². The number of nitrogens with zero attached hydrogens (tertiary/aromatic N) is 5. The smallest absolute Gasteiger partial charge is 0.229 e. The van der Waals surface area contributed by atoms with Gasteiger partial charge in [-0.3, -0.25) is 0 Å². The third-order valence-electron chi connectivity index (χ3n) is 4.60. The lowest BCUT2D eigenvalue weighted by molar-refractivity contribution is 0.312. The van der Waals surface area contributed by atoms with Crippen molar-refractivity contribution in [1.29, 1.82) is 0 Å². The summed E-state index contributed by atoms with van der Waals surface area (Å²) in [4.78, 5) is 19.0. The van der Waals surface area contributed by atoms with Crippen molar-refractivity contribution in [2.75, 3.05) is 43.4 Å². The van der Waals surface area contributed by atoms with Crippen LogP contribution in [0.15, 0.2) is 24.4 Å². The summed E-state index contributed by atoms with van der Waals surface area (Å²) in [6.07, 6.45) is 1.65. The number of piperazine rings is 1. The monoisotopic (exact) mass is 338 g/mol. The number of hydrogen-bond donors (Lipinski definition) is 2. The van der Waals surface area contributed by atoms with Gasteiger partial charge in [0, 0.05) is 37.6 Å². The number of rotatable bonds is 3. The topological polar surface area (TPSA) is 73.0 Å². The van der Waals surface area contributed by atoms with E-state index in [2.05, 4.69) is 62.2 Å². The summed E-state index contributed by atoms with van der Waals surface area (Å²) in [6, 6.07) is 6.32. The number of likely N-dealkylation sites (N-methyl/N-ethyl adjacent to an activating group) is 1. The normalized spacial score (nSPS) is 16.3. The van der Waals surface area contributed by atoms with E-state index in [9.17, 15) is 0 Å². The van der Waals surface area contributed by atoms with Crippen LogP contribution in [-0.4, -0.2) is 58.1 Å². The van der Waals surface area contributed by atoms with Crippen molar-refractivity contribution in [2.45, 2.75) is 13.8 Å². The third kappa shape index (κ3) is 3.28. The fourth-order valence-electron chi connectivity index (χ4n) is 3.20. The van der Waals surface area contributed by atoms with E-state index >= 15 is 0 Å². The van der Waals surface area contributed by atoms with Gasteiger partial charge in [0.05, 0.1) is 6.20 Å². The van der Waals surface area contributed by atoms with Gasteiger partial charge in [-0.25, -0.2) is 9.97 Å². The fraction of sp³-hybridized carbons (Fsp3) is 0.389. The third-order valence-corrected chi connectivity index (χ3v) is 4.60. The predicted molar refractivity (Wildman–Crippen MR) is 101 cm³/mol. The van der Waals surface area contributed by atoms with E-state index < -0.39 is 0 Å². The summed E-state index contributed by atoms with van der Waals surface area (Å²) >= 11 is 0. The highest BCUT2D eigenvalue weighted by Crippen LogP contribution is 2.26. The molecule has 4 rings (SSSR count). The summed E-state index contributed by atoms with van der Waals surface area (Å²) in [5, 5.41) is 3.24. The molecule has 0 saturated carbocycles. The molecule has 0 radical (unpaired) electrons. The van der Waals surface area contributed by atoms with Gasteiger partial charge in [-0.05, 0) is 44.7 Å². The number of aromatic nitrogens is 4. The molecule has 25 heavy (non-hydrogen) atoms. The van der Waals surface area contributed by atoms with E-state index in [1.54, 1.807) is 13.1 Å². The molecule has 3 heterocycles. The van der Waals surface area contributed by atoms with Crippen LogP contribution >= 0.6 is 0 Å². The fourth-order valence-corrected chi connectivity index (χ4v) is 3.20. The molecule has 1 fully saturated rings. The van der Waals surface area contributed by atoms with Crippen LogP contribution in [0, 0.1) is 13.8 Å². The zero-order chi connectivity index (χ0) is 18.3. The first-order valence-electron chi connectivity index (χ1n) is 8.98. The van der Waals surface area contributed by atoms with Crippen LogP contribution in [0.25, 0.3) is 11.2 Å². The van der Waals surface area contributed by atoms with E-state index in [0.29, 0.717) is 22.9 Å². The standard InChI is InChI=1S/C18H23N7/c1-12-10-14(4-5-16(12)25-8-6-24(3)7-9-25)22-18-19-11-15-17(23-18)21-13(2)20-15/h4-5,10-11H,6-9H2,1-3H3,(H2,19,20,21,22,23)/i/hD. The van der Waals surface area contributed by atoms with E-state index in [-0.39, 0.29) is 0 Å². The molecule has 0 atom stereocenters. The number of nitrogens with one attached hydrogen (secondary N) is 2. The van der Waals surface area contributed by atoms with Gasteiger partial charge in [-0.15, -0.1) is 0 Å². The van der Waals surface area contributed by atoms with Crippen LogP contribution in [0.2, 0.25) is 1.41 Å². The van der Waals surface area contributed by atoms with Crippen molar-refractivity contribution in [3.05, 3.63) is 35.8 Å². The molecule has 0 amide bonds. The number of benzene rings is 1. The van der Waals surface area contributed by atoms with E-state index in [1.807, 2.05) is 0 Å². The maximum absolute atomic E-state index is 7.96. The highest BCUT2D eigenvalue weighted by Gasteiger charge is 2.16. The average molecular weight is 338 g/mol. The minimum atomic E-state index is 0.470. The Balaban J connectivity index is 1.55. The quantitative estimate of drug-likeness (QED) is 0.764. The first kappa shape index (κ1) is 14.7. The molecule has 0 aliphatic carbocycles. The molecule has 1 aliphatic rings. The van der Waals surface area contributed by atoms with Gasteiger partial charge in [0.25, 0.3) is 0 Å². The highest BCUT2D eigenvalue weighted by molar-refractivity contribution is 5.72. The van der Waals surface area contributed by atoms with Gasteiger partial charge in [-0.2, -0.15) is 4.98 Å². The van der Waals surface area contributed by atoms with Gasteiger partial charge in [0.1, 0.15) is 11.3 Å². The molecule has 0 unspecified atom stereocenters. The minimum absolute atomic E-state index is 0.470. The Morgan fingerprint density at radius 2 is 1.96 bits per heavy atom. The number of imidazole rings is 1. The Bertz CT molecular complexity index is 944. The van der Waals surface area contributed by atoms with Crippen LogP contribution in [0.3, 0.4) is 0 Å². The number of aryl methyl sites for hydroxylation is 2. The number of aromatic amines is 1. The van der Waals surface area contributed by atoms with Crippen LogP contribution in [0.5, 0.6) is 0 Å². The lowest BCUT2D eigenvalue weighted by Crippen LogP contribution is -2.44.